The van der Waals surface area contributed by atoms with Gasteiger partial charge in [-0.05, 0) is 36.4 Å². The lowest BCUT2D eigenvalue weighted by Crippen LogP contribution is -2.13. The summed E-state index contributed by atoms with van der Waals surface area (Å²) < 4.78 is 52.3. The van der Waals surface area contributed by atoms with Crippen molar-refractivity contribution in [3.63, 3.8) is 0 Å². The number of carbonyl (C=O) groups is 1. The molecule has 1 amide bonds. The third-order valence-electron chi connectivity index (χ3n) is 4.60. The maximum atomic E-state index is 14.2. The van der Waals surface area contributed by atoms with Crippen molar-refractivity contribution in [3.05, 3.63) is 96.3 Å². The number of carbonyl (C=O) groups excluding carboxylic acids is 1. The van der Waals surface area contributed by atoms with Crippen molar-refractivity contribution >= 4 is 23.2 Å². The van der Waals surface area contributed by atoms with Gasteiger partial charge in [0, 0.05) is 35.3 Å². The molecular formula is C23H15F4N5O. The summed E-state index contributed by atoms with van der Waals surface area (Å²) >= 11 is 0. The largest absolute Gasteiger partial charge is 0.417 e. The lowest BCUT2D eigenvalue weighted by Gasteiger charge is -2.12. The van der Waals surface area contributed by atoms with Gasteiger partial charge >= 0.3 is 6.18 Å². The van der Waals surface area contributed by atoms with Crippen molar-refractivity contribution in [2.24, 2.45) is 0 Å². The van der Waals surface area contributed by atoms with Gasteiger partial charge in [0.05, 0.1) is 17.4 Å². The third-order valence-corrected chi connectivity index (χ3v) is 4.60. The first kappa shape index (κ1) is 21.9. The highest BCUT2D eigenvalue weighted by molar-refractivity contribution is 6.06. The van der Waals surface area contributed by atoms with Gasteiger partial charge < -0.3 is 10.6 Å². The molecule has 4 rings (SSSR count). The summed E-state index contributed by atoms with van der Waals surface area (Å²) in [5, 5.41) is 5.46. The molecule has 0 spiro atoms. The van der Waals surface area contributed by atoms with Gasteiger partial charge in [0.2, 0.25) is 0 Å². The fraction of sp³-hybridized carbons (Fsp3) is 0.0435. The molecule has 2 N–H and O–H groups in total. The smallest absolute Gasteiger partial charge is 0.325 e. The molecule has 6 nitrogen and oxygen atoms in total. The topological polar surface area (TPSA) is 79.8 Å². The molecule has 0 aliphatic carbocycles. The van der Waals surface area contributed by atoms with Crippen LogP contribution in [0.2, 0.25) is 0 Å². The van der Waals surface area contributed by atoms with E-state index < -0.39 is 23.5 Å². The van der Waals surface area contributed by atoms with Crippen LogP contribution in [0.4, 0.5) is 34.9 Å². The summed E-state index contributed by atoms with van der Waals surface area (Å²) in [5.74, 6) is -0.623. The fourth-order valence-electron chi connectivity index (χ4n) is 3.01. The number of hydrogen-bond acceptors (Lipinski definition) is 5. The van der Waals surface area contributed by atoms with Gasteiger partial charge in [0.25, 0.3) is 5.91 Å². The number of hydrogen-bond donors (Lipinski definition) is 2. The van der Waals surface area contributed by atoms with Gasteiger partial charge in [0.1, 0.15) is 17.5 Å². The van der Waals surface area contributed by atoms with E-state index >= 15 is 0 Å². The van der Waals surface area contributed by atoms with Crippen LogP contribution in [0.15, 0.2) is 79.4 Å². The summed E-state index contributed by atoms with van der Waals surface area (Å²) in [6.07, 6.45) is 0.471. The zero-order valence-electron chi connectivity index (χ0n) is 16.8. The number of amides is 1. The molecule has 0 aliphatic heterocycles. The van der Waals surface area contributed by atoms with Gasteiger partial charge in [-0.1, -0.05) is 18.2 Å². The Morgan fingerprint density at radius 1 is 0.848 bits per heavy atom. The summed E-state index contributed by atoms with van der Waals surface area (Å²) in [7, 11) is 0. The average molecular weight is 453 g/mol. The highest BCUT2D eigenvalue weighted by Gasteiger charge is 2.30. The molecule has 10 heteroatoms. The van der Waals surface area contributed by atoms with Crippen molar-refractivity contribution in [2.75, 3.05) is 10.6 Å². The van der Waals surface area contributed by atoms with Crippen molar-refractivity contribution in [2.45, 2.75) is 6.18 Å². The Morgan fingerprint density at radius 2 is 1.67 bits per heavy atom. The minimum absolute atomic E-state index is 0.127. The van der Waals surface area contributed by atoms with E-state index in [0.717, 1.165) is 12.1 Å². The number of pyridine rings is 3. The highest BCUT2D eigenvalue weighted by atomic mass is 19.4. The molecule has 33 heavy (non-hydrogen) atoms. The van der Waals surface area contributed by atoms with Gasteiger partial charge in [-0.2, -0.15) is 13.2 Å². The molecule has 0 saturated carbocycles. The van der Waals surface area contributed by atoms with Crippen LogP contribution in [-0.4, -0.2) is 20.9 Å². The first-order chi connectivity index (χ1) is 15.8. The van der Waals surface area contributed by atoms with Crippen LogP contribution in [0.25, 0.3) is 11.1 Å². The first-order valence-corrected chi connectivity index (χ1v) is 9.58. The van der Waals surface area contributed by atoms with E-state index in [4.69, 9.17) is 0 Å². The van der Waals surface area contributed by atoms with Crippen LogP contribution in [0.3, 0.4) is 0 Å². The first-order valence-electron chi connectivity index (χ1n) is 9.58. The summed E-state index contributed by atoms with van der Waals surface area (Å²) in [5.41, 5.74) is 0.404. The van der Waals surface area contributed by atoms with E-state index in [2.05, 4.69) is 25.6 Å². The van der Waals surface area contributed by atoms with Gasteiger partial charge in [-0.15, -0.1) is 0 Å². The zero-order chi connectivity index (χ0) is 23.4. The molecule has 0 aliphatic rings. The minimum atomic E-state index is -4.49. The number of anilines is 3. The molecule has 0 unspecified atom stereocenters. The second-order valence-electron chi connectivity index (χ2n) is 6.84. The molecule has 166 valence electrons. The summed E-state index contributed by atoms with van der Waals surface area (Å²) in [6, 6.07) is 12.7. The van der Waals surface area contributed by atoms with Crippen LogP contribution in [-0.2, 0) is 6.18 Å². The van der Waals surface area contributed by atoms with Crippen molar-refractivity contribution in [1.29, 1.82) is 0 Å². The number of rotatable bonds is 5. The zero-order valence-corrected chi connectivity index (χ0v) is 16.8. The predicted octanol–water partition coefficient (Wildman–Crippen LogP) is 5.69. The lowest BCUT2D eigenvalue weighted by atomic mass is 10.0. The van der Waals surface area contributed by atoms with Crippen LogP contribution in [0, 0.1) is 5.82 Å². The average Bonchev–Trinajstić information content (AvgIpc) is 2.80. The highest BCUT2D eigenvalue weighted by Crippen LogP contribution is 2.30. The summed E-state index contributed by atoms with van der Waals surface area (Å²) in [6.45, 7) is 0. The Labute approximate surface area is 185 Å². The standard InChI is InChI=1S/C23H15F4N5O/c24-18-4-2-1-3-16(18)17-8-9-28-13-19(17)31-22(33)14-7-10-29-21(11-14)32-20-6-5-15(12-30-20)23(25,26)27/h1-13H,(H,31,33)(H,29,30,32). The molecule has 4 aromatic rings. The van der Waals surface area contributed by atoms with Crippen LogP contribution in [0.5, 0.6) is 0 Å². The van der Waals surface area contributed by atoms with Crippen LogP contribution < -0.4 is 10.6 Å². The SMILES string of the molecule is O=C(Nc1cnccc1-c1ccccc1F)c1ccnc(Nc2ccc(C(F)(F)F)cn2)c1. The predicted molar refractivity (Wildman–Crippen MR) is 114 cm³/mol. The van der Waals surface area contributed by atoms with Crippen LogP contribution in [0.1, 0.15) is 15.9 Å². The monoisotopic (exact) mass is 453 g/mol. The quantitative estimate of drug-likeness (QED) is 0.380. The molecule has 0 atom stereocenters. The Bertz CT molecular complexity index is 1290. The minimum Gasteiger partial charge on any atom is -0.325 e. The fourth-order valence-corrected chi connectivity index (χ4v) is 3.01. The number of halogens is 4. The number of aromatic nitrogens is 3. The van der Waals surface area contributed by atoms with E-state index in [9.17, 15) is 22.4 Å². The number of nitrogens with one attached hydrogen (secondary N) is 2. The Balaban J connectivity index is 1.53. The maximum absolute atomic E-state index is 14.2. The Morgan fingerprint density at radius 3 is 2.39 bits per heavy atom. The number of alkyl halides is 3. The molecule has 0 bridgehead atoms. The molecule has 0 saturated heterocycles. The van der Waals surface area contributed by atoms with Gasteiger partial charge in [0.15, 0.2) is 0 Å². The van der Waals surface area contributed by atoms with Crippen molar-refractivity contribution < 1.29 is 22.4 Å². The third kappa shape index (κ3) is 5.12. The molecule has 0 fully saturated rings. The molecule has 3 aromatic heterocycles. The number of benzene rings is 1. The molecule has 0 radical (unpaired) electrons. The van der Waals surface area contributed by atoms with Gasteiger partial charge in [-0.25, -0.2) is 14.4 Å². The maximum Gasteiger partial charge on any atom is 0.417 e. The normalized spacial score (nSPS) is 11.2. The number of nitrogens with zero attached hydrogens (tertiary/aromatic N) is 3. The second kappa shape index (κ2) is 9.03. The molecule has 3 heterocycles. The van der Waals surface area contributed by atoms with E-state index in [-0.39, 0.29) is 17.2 Å². The molecule has 1 aromatic carbocycles. The van der Waals surface area contributed by atoms with E-state index in [0.29, 0.717) is 23.0 Å². The Kier molecular flexibility index (Phi) is 5.99. The van der Waals surface area contributed by atoms with Crippen LogP contribution >= 0.6 is 0 Å². The van der Waals surface area contributed by atoms with E-state index in [1.165, 1.54) is 36.8 Å². The second-order valence-corrected chi connectivity index (χ2v) is 6.84. The molecular weight excluding hydrogens is 438 g/mol. The van der Waals surface area contributed by atoms with E-state index in [1.807, 2.05) is 0 Å². The van der Waals surface area contributed by atoms with Gasteiger partial charge in [-0.3, -0.25) is 9.78 Å². The van der Waals surface area contributed by atoms with E-state index in [1.54, 1.807) is 24.3 Å². The Hall–Kier alpha value is -4.34. The summed E-state index contributed by atoms with van der Waals surface area (Å²) in [4.78, 5) is 24.6. The lowest BCUT2D eigenvalue weighted by molar-refractivity contribution is -0.137. The van der Waals surface area contributed by atoms with Crippen molar-refractivity contribution in [3.8, 4) is 11.1 Å². The van der Waals surface area contributed by atoms with Crippen molar-refractivity contribution in [1.82, 2.24) is 15.0 Å².